The van der Waals surface area contributed by atoms with E-state index in [1.807, 2.05) is 66.7 Å². The number of aromatic nitrogens is 4. The van der Waals surface area contributed by atoms with E-state index in [0.717, 1.165) is 55.4 Å². The van der Waals surface area contributed by atoms with Crippen LogP contribution < -0.4 is 4.57 Å². The Hall–Kier alpha value is -5.68. The van der Waals surface area contributed by atoms with Crippen LogP contribution in [0.5, 0.6) is 0 Å². The van der Waals surface area contributed by atoms with Crippen molar-refractivity contribution in [1.82, 2.24) is 15.0 Å². The van der Waals surface area contributed by atoms with Crippen molar-refractivity contribution in [3.05, 3.63) is 133 Å². The highest BCUT2D eigenvalue weighted by Gasteiger charge is 2.23. The van der Waals surface area contributed by atoms with Gasteiger partial charge in [-0.05, 0) is 30.0 Å². The largest absolute Gasteiger partial charge is 0.454 e. The molecule has 8 aromatic rings. The Balaban J connectivity index is 1.39. The molecule has 0 N–H and O–H groups in total. The number of nitrogens with zero attached hydrogens (tertiary/aromatic N) is 4. The number of furan rings is 1. The second-order valence-electron chi connectivity index (χ2n) is 10.9. The first kappa shape index (κ1) is 25.1. The average molecular weight is 556 g/mol. The first-order valence-electron chi connectivity index (χ1n) is 14.3. The lowest BCUT2D eigenvalue weighted by Gasteiger charge is -2.08. The molecule has 0 aliphatic rings. The standard InChI is InChI=1S/C38H27N4O/c1-24-20-21-30-29-18-11-19-31(34(29)43-35(30)33(24)32-22-27-16-9-10-17-28(27)23-42(32)2)38-40-36(25-12-5-3-6-13-25)39-37(41-38)26-14-7-4-8-15-26/h3-23H,1-2H3/q+1. The maximum absolute atomic E-state index is 6.85. The number of hydrogen-bond acceptors (Lipinski definition) is 4. The predicted octanol–water partition coefficient (Wildman–Crippen LogP) is 8.73. The number of para-hydroxylation sites is 1. The van der Waals surface area contributed by atoms with E-state index in [1.54, 1.807) is 0 Å². The fourth-order valence-electron chi connectivity index (χ4n) is 5.92. The summed E-state index contributed by atoms with van der Waals surface area (Å²) in [7, 11) is 2.09. The Bertz CT molecular complexity index is 2250. The van der Waals surface area contributed by atoms with Gasteiger partial charge < -0.3 is 4.42 Å². The van der Waals surface area contributed by atoms with Crippen molar-refractivity contribution in [3.63, 3.8) is 0 Å². The van der Waals surface area contributed by atoms with Crippen LogP contribution >= 0.6 is 0 Å². The summed E-state index contributed by atoms with van der Waals surface area (Å²) in [6.07, 6.45) is 2.18. The van der Waals surface area contributed by atoms with Gasteiger partial charge in [-0.3, -0.25) is 0 Å². The van der Waals surface area contributed by atoms with Gasteiger partial charge in [-0.25, -0.2) is 19.5 Å². The minimum atomic E-state index is 0.576. The molecule has 0 bridgehead atoms. The van der Waals surface area contributed by atoms with Crippen LogP contribution in [0.1, 0.15) is 5.56 Å². The van der Waals surface area contributed by atoms with Gasteiger partial charge in [0.05, 0.1) is 11.1 Å². The number of rotatable bonds is 4. The number of hydrogen-bond donors (Lipinski definition) is 0. The van der Waals surface area contributed by atoms with Crippen molar-refractivity contribution in [2.45, 2.75) is 6.92 Å². The fourth-order valence-corrected chi connectivity index (χ4v) is 5.92. The van der Waals surface area contributed by atoms with E-state index in [0.29, 0.717) is 17.5 Å². The van der Waals surface area contributed by atoms with Gasteiger partial charge >= 0.3 is 0 Å². The normalized spacial score (nSPS) is 11.5. The lowest BCUT2D eigenvalue weighted by Crippen LogP contribution is -2.30. The Labute approximate surface area is 248 Å². The molecule has 0 unspecified atom stereocenters. The number of benzene rings is 5. The van der Waals surface area contributed by atoms with Crippen LogP contribution in [0.4, 0.5) is 0 Å². The maximum Gasteiger partial charge on any atom is 0.216 e. The van der Waals surface area contributed by atoms with Crippen molar-refractivity contribution in [3.8, 4) is 45.4 Å². The second kappa shape index (κ2) is 10.00. The third-order valence-corrected chi connectivity index (χ3v) is 8.07. The molecule has 8 rings (SSSR count). The molecule has 5 nitrogen and oxygen atoms in total. The maximum atomic E-state index is 6.85. The highest BCUT2D eigenvalue weighted by molar-refractivity contribution is 6.13. The van der Waals surface area contributed by atoms with Crippen molar-refractivity contribution >= 4 is 32.7 Å². The quantitative estimate of drug-likeness (QED) is 0.204. The van der Waals surface area contributed by atoms with E-state index >= 15 is 0 Å². The third kappa shape index (κ3) is 4.25. The van der Waals surface area contributed by atoms with Crippen LogP contribution in [0.3, 0.4) is 0 Å². The summed E-state index contributed by atoms with van der Waals surface area (Å²) >= 11 is 0. The van der Waals surface area contributed by atoms with Crippen LogP contribution in [0.2, 0.25) is 0 Å². The molecular formula is C38H27N4O+. The zero-order valence-corrected chi connectivity index (χ0v) is 23.8. The average Bonchev–Trinajstić information content (AvgIpc) is 3.44. The van der Waals surface area contributed by atoms with E-state index < -0.39 is 0 Å². The van der Waals surface area contributed by atoms with E-state index in [-0.39, 0.29) is 0 Å². The molecule has 0 aliphatic carbocycles. The molecule has 5 aromatic carbocycles. The van der Waals surface area contributed by atoms with Crippen molar-refractivity contribution in [1.29, 1.82) is 0 Å². The highest BCUT2D eigenvalue weighted by Crippen LogP contribution is 2.40. The molecule has 3 heterocycles. The topological polar surface area (TPSA) is 55.7 Å². The summed E-state index contributed by atoms with van der Waals surface area (Å²) in [4.78, 5) is 14.8. The van der Waals surface area contributed by atoms with E-state index in [2.05, 4.69) is 79.3 Å². The summed E-state index contributed by atoms with van der Waals surface area (Å²) in [5.74, 6) is 1.82. The lowest BCUT2D eigenvalue weighted by atomic mass is 9.99. The zero-order valence-electron chi connectivity index (χ0n) is 23.8. The summed E-state index contributed by atoms with van der Waals surface area (Å²) in [5, 5.41) is 4.48. The molecule has 0 saturated heterocycles. The molecule has 0 aliphatic heterocycles. The smallest absolute Gasteiger partial charge is 0.216 e. The minimum Gasteiger partial charge on any atom is -0.454 e. The summed E-state index contributed by atoms with van der Waals surface area (Å²) in [5.41, 5.74) is 7.64. The Kier molecular flexibility index (Phi) is 5.83. The molecule has 5 heteroatoms. The fraction of sp³-hybridized carbons (Fsp3) is 0.0526. The summed E-state index contributed by atoms with van der Waals surface area (Å²) in [6, 6.07) is 41.3. The monoisotopic (exact) mass is 555 g/mol. The van der Waals surface area contributed by atoms with Crippen molar-refractivity contribution in [2.75, 3.05) is 0 Å². The number of pyridine rings is 1. The van der Waals surface area contributed by atoms with Gasteiger partial charge in [0.25, 0.3) is 0 Å². The van der Waals surface area contributed by atoms with Gasteiger partial charge in [0.15, 0.2) is 23.7 Å². The van der Waals surface area contributed by atoms with E-state index in [9.17, 15) is 0 Å². The first-order chi connectivity index (χ1) is 21.1. The van der Waals surface area contributed by atoms with Crippen LogP contribution in [-0.4, -0.2) is 15.0 Å². The van der Waals surface area contributed by atoms with Gasteiger partial charge in [0.2, 0.25) is 5.69 Å². The van der Waals surface area contributed by atoms with Crippen LogP contribution in [0, 0.1) is 6.92 Å². The lowest BCUT2D eigenvalue weighted by molar-refractivity contribution is -0.659. The molecule has 43 heavy (non-hydrogen) atoms. The predicted molar refractivity (Wildman–Crippen MR) is 172 cm³/mol. The first-order valence-corrected chi connectivity index (χ1v) is 14.3. The Morgan fingerprint density at radius 3 is 1.86 bits per heavy atom. The zero-order chi connectivity index (χ0) is 28.9. The molecule has 0 saturated carbocycles. The number of fused-ring (bicyclic) bond motifs is 4. The molecule has 0 fully saturated rings. The molecule has 0 amide bonds. The second-order valence-corrected chi connectivity index (χ2v) is 10.9. The van der Waals surface area contributed by atoms with Crippen LogP contribution in [-0.2, 0) is 7.05 Å². The Morgan fingerprint density at radius 2 is 1.16 bits per heavy atom. The van der Waals surface area contributed by atoms with Crippen molar-refractivity contribution < 1.29 is 8.98 Å². The van der Waals surface area contributed by atoms with Gasteiger partial charge in [-0.15, -0.1) is 0 Å². The van der Waals surface area contributed by atoms with Crippen molar-refractivity contribution in [2.24, 2.45) is 7.05 Å². The minimum absolute atomic E-state index is 0.576. The summed E-state index contributed by atoms with van der Waals surface area (Å²) < 4.78 is 9.03. The highest BCUT2D eigenvalue weighted by atomic mass is 16.3. The van der Waals surface area contributed by atoms with Gasteiger partial charge in [0, 0.05) is 33.4 Å². The van der Waals surface area contributed by atoms with Crippen LogP contribution in [0.15, 0.2) is 132 Å². The molecule has 204 valence electrons. The number of aryl methyl sites for hydroxylation is 2. The molecule has 0 spiro atoms. The third-order valence-electron chi connectivity index (χ3n) is 8.07. The Morgan fingerprint density at radius 1 is 0.558 bits per heavy atom. The van der Waals surface area contributed by atoms with Gasteiger partial charge in [-0.2, -0.15) is 0 Å². The molecule has 0 atom stereocenters. The SMILES string of the molecule is Cc1ccc2c(oc3c(-c4nc(-c5ccccc5)nc(-c5ccccc5)n4)cccc32)c1-c1cc2ccccc2c[n+]1C. The van der Waals surface area contributed by atoms with E-state index in [4.69, 9.17) is 19.4 Å². The molecule has 3 aromatic heterocycles. The van der Waals surface area contributed by atoms with Crippen LogP contribution in [0.25, 0.3) is 78.1 Å². The molecule has 0 radical (unpaired) electrons. The van der Waals surface area contributed by atoms with Gasteiger partial charge in [0.1, 0.15) is 18.2 Å². The van der Waals surface area contributed by atoms with E-state index in [1.165, 1.54) is 10.8 Å². The molecular weight excluding hydrogens is 528 g/mol. The van der Waals surface area contributed by atoms with Gasteiger partial charge in [-0.1, -0.05) is 103 Å². The summed E-state index contributed by atoms with van der Waals surface area (Å²) in [6.45, 7) is 2.14.